The lowest BCUT2D eigenvalue weighted by atomic mass is 10.2. The van der Waals surface area contributed by atoms with Crippen LogP contribution in [0.2, 0.25) is 0 Å². The number of hydrogen-bond donors (Lipinski definition) is 1. The Morgan fingerprint density at radius 3 is 2.76 bits per heavy atom. The van der Waals surface area contributed by atoms with E-state index in [-0.39, 0.29) is 0 Å². The molecule has 0 fully saturated rings. The topological polar surface area (TPSA) is 24.9 Å². The van der Waals surface area contributed by atoms with Crippen LogP contribution >= 0.6 is 23.1 Å². The predicted octanol–water partition coefficient (Wildman–Crippen LogP) is 4.16. The van der Waals surface area contributed by atoms with Crippen molar-refractivity contribution in [2.75, 3.05) is 12.3 Å². The van der Waals surface area contributed by atoms with Crippen LogP contribution in [0.5, 0.6) is 0 Å². The van der Waals surface area contributed by atoms with E-state index in [0.29, 0.717) is 6.04 Å². The maximum atomic E-state index is 4.67. The summed E-state index contributed by atoms with van der Waals surface area (Å²) in [4.78, 5) is 6.08. The van der Waals surface area contributed by atoms with Gasteiger partial charge in [-0.2, -0.15) is 11.8 Å². The summed E-state index contributed by atoms with van der Waals surface area (Å²) in [5.74, 6) is 2.30. The van der Waals surface area contributed by atoms with Gasteiger partial charge in [-0.1, -0.05) is 13.8 Å². The van der Waals surface area contributed by atoms with E-state index in [2.05, 4.69) is 38.0 Å². The fourth-order valence-corrected chi connectivity index (χ4v) is 3.73. The van der Waals surface area contributed by atoms with Gasteiger partial charge in [0.25, 0.3) is 0 Å². The van der Waals surface area contributed by atoms with Crippen molar-refractivity contribution in [1.29, 1.82) is 0 Å². The van der Waals surface area contributed by atoms with Gasteiger partial charge in [-0.25, -0.2) is 4.98 Å². The second kappa shape index (κ2) is 8.11. The van der Waals surface area contributed by atoms with Crippen LogP contribution in [-0.2, 0) is 5.75 Å². The van der Waals surface area contributed by atoms with E-state index in [4.69, 9.17) is 0 Å². The van der Waals surface area contributed by atoms with Crippen LogP contribution in [0, 0.1) is 6.92 Å². The molecule has 1 N–H and O–H groups in total. The molecule has 17 heavy (non-hydrogen) atoms. The lowest BCUT2D eigenvalue weighted by Crippen LogP contribution is -2.18. The molecule has 0 amide bonds. The largest absolute Gasteiger partial charge is 0.309 e. The van der Waals surface area contributed by atoms with Crippen molar-refractivity contribution in [2.24, 2.45) is 0 Å². The fourth-order valence-electron chi connectivity index (χ4n) is 1.69. The van der Waals surface area contributed by atoms with E-state index in [0.717, 1.165) is 12.3 Å². The van der Waals surface area contributed by atoms with Gasteiger partial charge in [-0.15, -0.1) is 11.3 Å². The van der Waals surface area contributed by atoms with E-state index in [9.17, 15) is 0 Å². The molecule has 0 aliphatic rings. The second-order valence-electron chi connectivity index (χ2n) is 4.29. The Kier molecular flexibility index (Phi) is 7.16. The number of aryl methyl sites for hydroxylation is 1. The molecule has 1 unspecified atom stereocenters. The van der Waals surface area contributed by atoms with Crippen LogP contribution in [0.3, 0.4) is 0 Å². The number of rotatable bonds is 8. The second-order valence-corrected chi connectivity index (χ2v) is 6.51. The summed E-state index contributed by atoms with van der Waals surface area (Å²) >= 11 is 3.86. The normalized spacial score (nSPS) is 12.9. The molecule has 1 heterocycles. The highest BCUT2D eigenvalue weighted by atomic mass is 32.2. The molecule has 0 aromatic carbocycles. The van der Waals surface area contributed by atoms with Crippen LogP contribution in [0.4, 0.5) is 0 Å². The number of thiazole rings is 1. The van der Waals surface area contributed by atoms with E-state index < -0.39 is 0 Å². The molecular weight excluding hydrogens is 248 g/mol. The number of thioether (sulfide) groups is 1. The predicted molar refractivity (Wildman–Crippen MR) is 80.0 cm³/mol. The van der Waals surface area contributed by atoms with Gasteiger partial charge in [0.05, 0.1) is 5.69 Å². The minimum atomic E-state index is 0.442. The van der Waals surface area contributed by atoms with Crippen LogP contribution in [-0.4, -0.2) is 17.3 Å². The minimum Gasteiger partial charge on any atom is -0.309 e. The highest BCUT2D eigenvalue weighted by Gasteiger charge is 2.13. The quantitative estimate of drug-likeness (QED) is 0.719. The average Bonchev–Trinajstić information content (AvgIpc) is 2.68. The Morgan fingerprint density at radius 2 is 2.12 bits per heavy atom. The maximum absolute atomic E-state index is 4.67. The lowest BCUT2D eigenvalue weighted by molar-refractivity contribution is 0.575. The molecule has 0 aliphatic carbocycles. The molecule has 1 aromatic heterocycles. The number of hydrogen-bond acceptors (Lipinski definition) is 4. The van der Waals surface area contributed by atoms with E-state index in [1.807, 2.05) is 23.1 Å². The molecule has 98 valence electrons. The molecule has 0 saturated carbocycles. The first kappa shape index (κ1) is 15.0. The van der Waals surface area contributed by atoms with Crippen molar-refractivity contribution < 1.29 is 0 Å². The zero-order valence-electron chi connectivity index (χ0n) is 11.4. The summed E-state index contributed by atoms with van der Waals surface area (Å²) in [6.07, 6.45) is 2.43. The van der Waals surface area contributed by atoms with E-state index in [1.165, 1.54) is 34.2 Å². The summed E-state index contributed by atoms with van der Waals surface area (Å²) < 4.78 is 0. The Morgan fingerprint density at radius 1 is 1.35 bits per heavy atom. The summed E-state index contributed by atoms with van der Waals surface area (Å²) in [5, 5.41) is 4.81. The smallest absolute Gasteiger partial charge is 0.103 e. The van der Waals surface area contributed by atoms with Crippen molar-refractivity contribution in [3.8, 4) is 0 Å². The van der Waals surface area contributed by atoms with Gasteiger partial charge >= 0.3 is 0 Å². The Bertz CT molecular complexity index is 323. The third kappa shape index (κ3) is 4.98. The SMILES string of the molecule is CCCNC(C)c1sc(CSCCC)nc1C. The van der Waals surface area contributed by atoms with Crippen molar-refractivity contribution in [3.05, 3.63) is 15.6 Å². The summed E-state index contributed by atoms with van der Waals surface area (Å²) in [7, 11) is 0. The molecule has 0 bridgehead atoms. The van der Waals surface area contributed by atoms with Crippen LogP contribution < -0.4 is 5.32 Å². The fraction of sp³-hybridized carbons (Fsp3) is 0.769. The van der Waals surface area contributed by atoms with Gasteiger partial charge in [-0.05, 0) is 39.0 Å². The molecule has 0 radical (unpaired) electrons. The third-order valence-electron chi connectivity index (χ3n) is 2.54. The highest BCUT2D eigenvalue weighted by molar-refractivity contribution is 7.98. The Balaban J connectivity index is 2.54. The van der Waals surface area contributed by atoms with Gasteiger partial charge < -0.3 is 5.32 Å². The molecule has 0 aliphatic heterocycles. The van der Waals surface area contributed by atoms with Gasteiger partial charge in [0.1, 0.15) is 5.01 Å². The number of nitrogens with zero attached hydrogens (tertiary/aromatic N) is 1. The zero-order chi connectivity index (χ0) is 12.7. The highest BCUT2D eigenvalue weighted by Crippen LogP contribution is 2.27. The van der Waals surface area contributed by atoms with Gasteiger partial charge in [0, 0.05) is 16.7 Å². The molecule has 1 atom stereocenters. The Hall–Kier alpha value is -0.0600. The molecule has 1 rings (SSSR count). The standard InChI is InChI=1S/C13H24N2S2/c1-5-7-14-10(3)13-11(4)15-12(17-13)9-16-8-6-2/h10,14H,5-9H2,1-4H3. The summed E-state index contributed by atoms with van der Waals surface area (Å²) in [6, 6.07) is 0.442. The molecule has 0 saturated heterocycles. The molecule has 4 heteroatoms. The van der Waals surface area contributed by atoms with Gasteiger partial charge in [-0.3, -0.25) is 0 Å². The monoisotopic (exact) mass is 272 g/mol. The van der Waals surface area contributed by atoms with E-state index >= 15 is 0 Å². The lowest BCUT2D eigenvalue weighted by Gasteiger charge is -2.11. The summed E-state index contributed by atoms with van der Waals surface area (Å²) in [6.45, 7) is 9.87. The number of aromatic nitrogens is 1. The van der Waals surface area contributed by atoms with Gasteiger partial charge in [0.2, 0.25) is 0 Å². The zero-order valence-corrected chi connectivity index (χ0v) is 13.0. The summed E-state index contributed by atoms with van der Waals surface area (Å²) in [5.41, 5.74) is 1.21. The van der Waals surface area contributed by atoms with Crippen LogP contribution in [0.15, 0.2) is 0 Å². The van der Waals surface area contributed by atoms with Gasteiger partial charge in [0.15, 0.2) is 0 Å². The third-order valence-corrected chi connectivity index (χ3v) is 5.24. The van der Waals surface area contributed by atoms with Crippen molar-refractivity contribution >= 4 is 23.1 Å². The molecule has 2 nitrogen and oxygen atoms in total. The molecule has 0 spiro atoms. The van der Waals surface area contributed by atoms with E-state index in [1.54, 1.807) is 0 Å². The van der Waals surface area contributed by atoms with Crippen molar-refractivity contribution in [3.63, 3.8) is 0 Å². The van der Waals surface area contributed by atoms with Crippen LogP contribution in [0.25, 0.3) is 0 Å². The Labute approximate surface area is 114 Å². The van der Waals surface area contributed by atoms with Crippen LogP contribution in [0.1, 0.15) is 55.2 Å². The first-order valence-electron chi connectivity index (χ1n) is 6.46. The molecule has 1 aromatic rings. The number of nitrogens with one attached hydrogen (secondary N) is 1. The minimum absolute atomic E-state index is 0.442. The molecular formula is C13H24N2S2. The average molecular weight is 272 g/mol. The van der Waals surface area contributed by atoms with Crippen molar-refractivity contribution in [2.45, 2.75) is 52.3 Å². The van der Waals surface area contributed by atoms with Crippen molar-refractivity contribution in [1.82, 2.24) is 10.3 Å². The maximum Gasteiger partial charge on any atom is 0.103 e. The first-order valence-corrected chi connectivity index (χ1v) is 8.43. The first-order chi connectivity index (χ1) is 8.19.